The fraction of sp³-hybridized carbons (Fsp3) is 0.417. The van der Waals surface area contributed by atoms with Gasteiger partial charge in [-0.2, -0.15) is 0 Å². The maximum Gasteiger partial charge on any atom is 0.146 e. The van der Waals surface area contributed by atoms with Gasteiger partial charge in [-0.1, -0.05) is 42.0 Å². The maximum absolute atomic E-state index is 5.49. The summed E-state index contributed by atoms with van der Waals surface area (Å²) in [6.45, 7) is 6.61. The van der Waals surface area contributed by atoms with E-state index in [1.165, 1.54) is 16.7 Å². The second kappa shape index (κ2) is 9.87. The highest BCUT2D eigenvalue weighted by atomic mass is 32.1. The summed E-state index contributed by atoms with van der Waals surface area (Å²) in [4.78, 5) is 13.3. The van der Waals surface area contributed by atoms with E-state index in [-0.39, 0.29) is 0 Å². The zero-order valence-corrected chi connectivity index (χ0v) is 18.5. The van der Waals surface area contributed by atoms with E-state index in [1.807, 2.05) is 0 Å². The predicted molar refractivity (Wildman–Crippen MR) is 126 cm³/mol. The average Bonchev–Trinajstić information content (AvgIpc) is 3.25. The Bertz CT molecular complexity index is 1040. The van der Waals surface area contributed by atoms with Crippen molar-refractivity contribution in [3.8, 4) is 11.1 Å². The largest absolute Gasteiger partial charge is 0.379 e. The van der Waals surface area contributed by atoms with Crippen molar-refractivity contribution in [2.75, 3.05) is 51.4 Å². The number of hydrogen-bond donors (Lipinski definition) is 1. The fourth-order valence-corrected chi connectivity index (χ4v) is 5.07. The van der Waals surface area contributed by atoms with Gasteiger partial charge in [0.1, 0.15) is 16.5 Å². The van der Waals surface area contributed by atoms with Crippen LogP contribution < -0.4 is 5.32 Å². The minimum absolute atomic E-state index is 0.736. The van der Waals surface area contributed by atoms with Crippen molar-refractivity contribution < 1.29 is 9.47 Å². The summed E-state index contributed by atoms with van der Waals surface area (Å²) in [5.41, 5.74) is 3.87. The highest BCUT2D eigenvalue weighted by Crippen LogP contribution is 2.37. The van der Waals surface area contributed by atoms with Crippen LogP contribution in [0.3, 0.4) is 0 Å². The number of morpholine rings is 1. The van der Waals surface area contributed by atoms with Crippen LogP contribution in [0.25, 0.3) is 21.3 Å². The SMILES string of the molecule is C1=C(CCNc2nc(CN3CCOCC3)nc3scc(-c4ccccc4)c23)CCOC1. The summed E-state index contributed by atoms with van der Waals surface area (Å²) in [5, 5.41) is 6.97. The predicted octanol–water partition coefficient (Wildman–Crippen LogP) is 4.34. The van der Waals surface area contributed by atoms with Crippen LogP contribution in [0.15, 0.2) is 47.4 Å². The van der Waals surface area contributed by atoms with Gasteiger partial charge in [0, 0.05) is 30.6 Å². The first-order valence-electron chi connectivity index (χ1n) is 11.0. The Balaban J connectivity index is 1.44. The summed E-state index contributed by atoms with van der Waals surface area (Å²) in [7, 11) is 0. The molecule has 0 bridgehead atoms. The van der Waals surface area contributed by atoms with Crippen LogP contribution in [0.1, 0.15) is 18.7 Å². The molecule has 31 heavy (non-hydrogen) atoms. The zero-order chi connectivity index (χ0) is 20.9. The van der Waals surface area contributed by atoms with Gasteiger partial charge in [0.25, 0.3) is 0 Å². The van der Waals surface area contributed by atoms with Crippen molar-refractivity contribution in [2.24, 2.45) is 0 Å². The number of rotatable bonds is 7. The molecule has 2 aliphatic heterocycles. The maximum atomic E-state index is 5.49. The molecule has 162 valence electrons. The molecule has 7 heteroatoms. The molecule has 6 nitrogen and oxygen atoms in total. The summed E-state index contributed by atoms with van der Waals surface area (Å²) in [6.07, 6.45) is 4.25. The first-order valence-corrected chi connectivity index (χ1v) is 11.9. The second-order valence-electron chi connectivity index (χ2n) is 7.94. The van der Waals surface area contributed by atoms with Crippen LogP contribution in [0.4, 0.5) is 5.82 Å². The normalized spacial score (nSPS) is 17.6. The van der Waals surface area contributed by atoms with E-state index in [1.54, 1.807) is 11.3 Å². The Morgan fingerprint density at radius 1 is 1.03 bits per heavy atom. The number of aromatic nitrogens is 2. The first-order chi connectivity index (χ1) is 15.4. The number of nitrogens with one attached hydrogen (secondary N) is 1. The van der Waals surface area contributed by atoms with Gasteiger partial charge in [-0.15, -0.1) is 11.3 Å². The molecule has 1 N–H and O–H groups in total. The van der Waals surface area contributed by atoms with Gasteiger partial charge in [-0.05, 0) is 18.4 Å². The Kier molecular flexibility index (Phi) is 6.55. The van der Waals surface area contributed by atoms with E-state index in [9.17, 15) is 0 Å². The molecular formula is C24H28N4O2S. The Hall–Kier alpha value is -2.32. The van der Waals surface area contributed by atoms with E-state index in [4.69, 9.17) is 19.4 Å². The van der Waals surface area contributed by atoms with Gasteiger partial charge in [0.15, 0.2) is 0 Å². The molecular weight excluding hydrogens is 408 g/mol. The lowest BCUT2D eigenvalue weighted by Gasteiger charge is -2.25. The van der Waals surface area contributed by atoms with E-state index < -0.39 is 0 Å². The molecule has 1 aromatic carbocycles. The van der Waals surface area contributed by atoms with Gasteiger partial charge in [-0.3, -0.25) is 4.90 Å². The number of benzene rings is 1. The van der Waals surface area contributed by atoms with Crippen molar-refractivity contribution >= 4 is 27.4 Å². The van der Waals surface area contributed by atoms with Crippen LogP contribution in [0, 0.1) is 0 Å². The van der Waals surface area contributed by atoms with Crippen molar-refractivity contribution in [1.29, 1.82) is 0 Å². The number of hydrogen-bond acceptors (Lipinski definition) is 7. The minimum Gasteiger partial charge on any atom is -0.379 e. The third kappa shape index (κ3) is 4.96. The Labute approximate surface area is 186 Å². The van der Waals surface area contributed by atoms with E-state index in [2.05, 4.69) is 52.0 Å². The van der Waals surface area contributed by atoms with Crippen molar-refractivity contribution in [2.45, 2.75) is 19.4 Å². The highest BCUT2D eigenvalue weighted by Gasteiger charge is 2.18. The third-order valence-electron chi connectivity index (χ3n) is 5.83. The molecule has 2 aliphatic rings. The van der Waals surface area contributed by atoms with Crippen LogP contribution in [0.2, 0.25) is 0 Å². The summed E-state index contributed by atoms with van der Waals surface area (Å²) in [6, 6.07) is 10.5. The third-order valence-corrected chi connectivity index (χ3v) is 6.70. The zero-order valence-electron chi connectivity index (χ0n) is 17.7. The van der Waals surface area contributed by atoms with Gasteiger partial charge in [-0.25, -0.2) is 9.97 Å². The molecule has 1 saturated heterocycles. The molecule has 3 aromatic rings. The number of fused-ring (bicyclic) bond motifs is 1. The lowest BCUT2D eigenvalue weighted by Crippen LogP contribution is -2.36. The quantitative estimate of drug-likeness (QED) is 0.556. The van der Waals surface area contributed by atoms with Crippen LogP contribution in [0.5, 0.6) is 0 Å². The molecule has 0 atom stereocenters. The van der Waals surface area contributed by atoms with Crippen molar-refractivity contribution in [1.82, 2.24) is 14.9 Å². The molecule has 0 aliphatic carbocycles. The van der Waals surface area contributed by atoms with Crippen molar-refractivity contribution in [3.05, 3.63) is 53.2 Å². The van der Waals surface area contributed by atoms with Crippen LogP contribution >= 0.6 is 11.3 Å². The van der Waals surface area contributed by atoms with Gasteiger partial charge >= 0.3 is 0 Å². The lowest BCUT2D eigenvalue weighted by atomic mass is 10.1. The first kappa shape index (κ1) is 20.6. The fourth-order valence-electron chi connectivity index (χ4n) is 4.11. The average molecular weight is 437 g/mol. The number of nitrogens with zero attached hydrogens (tertiary/aromatic N) is 3. The molecule has 0 unspecified atom stereocenters. The molecule has 0 spiro atoms. The summed E-state index contributed by atoms with van der Waals surface area (Å²) < 4.78 is 10.9. The second-order valence-corrected chi connectivity index (χ2v) is 8.79. The highest BCUT2D eigenvalue weighted by molar-refractivity contribution is 7.17. The van der Waals surface area contributed by atoms with E-state index >= 15 is 0 Å². The van der Waals surface area contributed by atoms with E-state index in [0.717, 1.165) is 87.3 Å². The molecule has 2 aromatic heterocycles. The van der Waals surface area contributed by atoms with Crippen LogP contribution in [-0.4, -0.2) is 60.9 Å². The molecule has 0 radical (unpaired) electrons. The van der Waals surface area contributed by atoms with Gasteiger partial charge in [0.05, 0.1) is 38.4 Å². The van der Waals surface area contributed by atoms with Gasteiger partial charge in [0.2, 0.25) is 0 Å². The van der Waals surface area contributed by atoms with Crippen LogP contribution in [-0.2, 0) is 16.0 Å². The molecule has 5 rings (SSSR count). The van der Waals surface area contributed by atoms with Gasteiger partial charge < -0.3 is 14.8 Å². The number of thiophene rings is 1. The molecule has 4 heterocycles. The van der Waals surface area contributed by atoms with Crippen molar-refractivity contribution in [3.63, 3.8) is 0 Å². The summed E-state index contributed by atoms with van der Waals surface area (Å²) >= 11 is 1.70. The molecule has 0 amide bonds. The van der Waals surface area contributed by atoms with E-state index in [0.29, 0.717) is 0 Å². The lowest BCUT2D eigenvalue weighted by molar-refractivity contribution is 0.0331. The minimum atomic E-state index is 0.736. The Morgan fingerprint density at radius 3 is 2.71 bits per heavy atom. The number of anilines is 1. The Morgan fingerprint density at radius 2 is 1.90 bits per heavy atom. The topological polar surface area (TPSA) is 59.5 Å². The standard InChI is InChI=1S/C24H28N4O2S/c1-2-4-19(5-3-1)20-17-31-24-22(20)23(25-9-6-18-7-12-29-13-8-18)26-21(27-24)16-28-10-14-30-15-11-28/h1-5,7,17H,6,8-16H2,(H,25,26,27). The molecule has 0 saturated carbocycles. The number of ether oxygens (including phenoxy) is 2. The smallest absolute Gasteiger partial charge is 0.146 e. The monoisotopic (exact) mass is 436 g/mol. The summed E-state index contributed by atoms with van der Waals surface area (Å²) in [5.74, 6) is 1.82. The molecule has 1 fully saturated rings.